The molecule has 86 heavy (non-hydrogen) atoms. The molecule has 0 aliphatic rings. The molecule has 0 aliphatic carbocycles. The minimum absolute atomic E-state index is 0.0748. The Kier molecular flexibility index (Phi) is 32.4. The first-order valence-electron chi connectivity index (χ1n) is 27.9. The number of hydrogen-bond acceptors (Lipinski definition) is 19. The van der Waals surface area contributed by atoms with E-state index < -0.39 is 86.2 Å². The van der Waals surface area contributed by atoms with Crippen LogP contribution in [-0.2, 0) is 91.7 Å². The van der Waals surface area contributed by atoms with Crippen LogP contribution in [0, 0.1) is 27.7 Å². The van der Waals surface area contributed by atoms with Gasteiger partial charge in [-0.3, -0.25) is 0 Å². The molecule has 4 aromatic carbocycles. The molecule has 0 amide bonds. The number of carbonyl (C=O) groups excluding carboxylic acids is 4. The average molecular weight is 1270 g/mol. The topological polar surface area (TPSA) is 269 Å². The molecule has 19 nitrogen and oxygen atoms in total. The summed E-state index contributed by atoms with van der Waals surface area (Å²) in [5.74, 6) is -5.00. The maximum absolute atomic E-state index is 12.5. The second-order valence-corrected chi connectivity index (χ2v) is 28.2. The standard InChI is InChI=1S/C33H44O8S2.C30H38O11S2/c1-26-14-18-30(19-15-26)42(36,37)24-28(3)32(34)40-22-12-10-8-6-5-7-9-11-13-23-41-33(35)29(4)25-43(38,39)31-20-16-27(2)17-21-31;1-23-5-9-27(10-6-23)42(33,34)21-25(3)29(31)40-19-17-38-15-13-37-14-16-39-18-20-41-30(32)26(4)22-43(35,36)28-11-7-24(2)8-12-28/h14-21H,3-13,22-25H2,1-2H3;5-12H,3-4,13-22H2,1-2H3. The lowest BCUT2D eigenvalue weighted by Crippen LogP contribution is -2.19. The smallest absolute Gasteiger partial charge is 0.334 e. The van der Waals surface area contributed by atoms with E-state index >= 15 is 0 Å². The van der Waals surface area contributed by atoms with Crippen molar-refractivity contribution in [1.29, 1.82) is 0 Å². The van der Waals surface area contributed by atoms with Crippen LogP contribution >= 0.6 is 0 Å². The molecule has 0 atom stereocenters. The summed E-state index contributed by atoms with van der Waals surface area (Å²) in [6.07, 6.45) is 8.40. The summed E-state index contributed by atoms with van der Waals surface area (Å²) >= 11 is 0. The minimum Gasteiger partial charge on any atom is -0.462 e. The number of aryl methyl sites for hydroxylation is 4. The molecule has 0 aromatic heterocycles. The van der Waals surface area contributed by atoms with Crippen LogP contribution in [0.3, 0.4) is 0 Å². The predicted octanol–water partition coefficient (Wildman–Crippen LogP) is 9.06. The molecular formula is C63H82O19S4. The number of benzene rings is 4. The summed E-state index contributed by atoms with van der Waals surface area (Å²) in [7, 11) is -14.7. The van der Waals surface area contributed by atoms with E-state index in [9.17, 15) is 52.8 Å². The summed E-state index contributed by atoms with van der Waals surface area (Å²) in [5.41, 5.74) is 3.24. The van der Waals surface area contributed by atoms with Crippen LogP contribution in [0.15, 0.2) is 165 Å². The molecule has 0 aliphatic heterocycles. The van der Waals surface area contributed by atoms with Crippen molar-refractivity contribution in [1.82, 2.24) is 0 Å². The Balaban J connectivity index is 0.000000450. The normalized spacial score (nSPS) is 11.6. The summed E-state index contributed by atoms with van der Waals surface area (Å²) in [4.78, 5) is 48.9. The Labute approximate surface area is 508 Å². The Morgan fingerprint density at radius 2 is 0.453 bits per heavy atom. The second kappa shape index (κ2) is 37.8. The Morgan fingerprint density at radius 3 is 0.663 bits per heavy atom. The van der Waals surface area contributed by atoms with E-state index in [1.165, 1.54) is 48.5 Å². The Bertz CT molecular complexity index is 2890. The third kappa shape index (κ3) is 28.7. The molecular weight excluding hydrogens is 1190 g/mol. The monoisotopic (exact) mass is 1270 g/mol. The molecule has 0 heterocycles. The first-order valence-corrected chi connectivity index (χ1v) is 34.5. The van der Waals surface area contributed by atoms with Gasteiger partial charge in [-0.25, -0.2) is 52.8 Å². The molecule has 23 heteroatoms. The van der Waals surface area contributed by atoms with E-state index in [1.54, 1.807) is 48.5 Å². The van der Waals surface area contributed by atoms with E-state index in [4.69, 9.17) is 33.2 Å². The van der Waals surface area contributed by atoms with Crippen LogP contribution in [0.1, 0.15) is 80.0 Å². The summed E-state index contributed by atoms with van der Waals surface area (Å²) in [6, 6.07) is 25.5. The highest BCUT2D eigenvalue weighted by molar-refractivity contribution is 7.92. The fourth-order valence-electron chi connectivity index (χ4n) is 7.58. The number of hydrogen-bond donors (Lipinski definition) is 0. The van der Waals surface area contributed by atoms with Crippen molar-refractivity contribution in [2.45, 2.75) is 105 Å². The van der Waals surface area contributed by atoms with Gasteiger partial charge in [0.15, 0.2) is 39.3 Å². The van der Waals surface area contributed by atoms with Gasteiger partial charge in [-0.2, -0.15) is 0 Å². The molecule has 0 spiro atoms. The summed E-state index contributed by atoms with van der Waals surface area (Å²) in [6.45, 7) is 23.1. The Morgan fingerprint density at radius 1 is 0.279 bits per heavy atom. The van der Waals surface area contributed by atoms with Gasteiger partial charge in [-0.05, 0) is 89.1 Å². The zero-order valence-corrected chi connectivity index (χ0v) is 53.0. The predicted molar refractivity (Wildman–Crippen MR) is 327 cm³/mol. The largest absolute Gasteiger partial charge is 0.462 e. The average Bonchev–Trinajstić information content (AvgIpc) is 2.27. The molecule has 0 N–H and O–H groups in total. The van der Waals surface area contributed by atoms with Crippen LogP contribution in [-0.4, -0.2) is 147 Å². The zero-order valence-electron chi connectivity index (χ0n) is 49.7. The number of sulfone groups is 4. The van der Waals surface area contributed by atoms with E-state index in [-0.39, 0.29) is 108 Å². The number of unbranched alkanes of at least 4 members (excludes halogenated alkanes) is 8. The quantitative estimate of drug-likeness (QED) is 0.0174. The highest BCUT2D eigenvalue weighted by Gasteiger charge is 2.24. The van der Waals surface area contributed by atoms with Gasteiger partial charge in [0, 0.05) is 22.3 Å². The van der Waals surface area contributed by atoms with Crippen molar-refractivity contribution in [3.05, 3.63) is 168 Å². The first-order chi connectivity index (χ1) is 40.6. The van der Waals surface area contributed by atoms with Crippen molar-refractivity contribution in [2.24, 2.45) is 0 Å². The van der Waals surface area contributed by atoms with Crippen molar-refractivity contribution in [3.63, 3.8) is 0 Å². The Hall–Kier alpha value is -6.60. The minimum atomic E-state index is -3.70. The van der Waals surface area contributed by atoms with Crippen LogP contribution in [0.25, 0.3) is 0 Å². The van der Waals surface area contributed by atoms with Crippen molar-refractivity contribution >= 4 is 63.2 Å². The van der Waals surface area contributed by atoms with Gasteiger partial charge in [0.05, 0.1) is 95.4 Å². The lowest BCUT2D eigenvalue weighted by atomic mass is 10.1. The third-order valence-corrected chi connectivity index (χ3v) is 19.4. The maximum atomic E-state index is 12.5. The maximum Gasteiger partial charge on any atom is 0.334 e. The van der Waals surface area contributed by atoms with E-state index in [0.717, 1.165) is 67.2 Å². The van der Waals surface area contributed by atoms with Crippen LogP contribution < -0.4 is 0 Å². The number of esters is 4. The zero-order chi connectivity index (χ0) is 63.8. The van der Waals surface area contributed by atoms with E-state index in [1.807, 2.05) is 27.7 Å². The van der Waals surface area contributed by atoms with Crippen LogP contribution in [0.4, 0.5) is 0 Å². The second-order valence-electron chi connectivity index (χ2n) is 20.3. The molecule has 472 valence electrons. The molecule has 4 aromatic rings. The first kappa shape index (κ1) is 73.7. The SMILES string of the molecule is C=C(CS(=O)(=O)c1ccc(C)cc1)C(=O)OCCCCCCCCCCCOC(=O)C(=C)CS(=O)(=O)c1ccc(C)cc1.C=C(CS(=O)(=O)c1ccc(C)cc1)C(=O)OCCOCCOCCOCCOC(=O)C(=C)CS(=O)(=O)c1ccc(C)cc1. The third-order valence-electron chi connectivity index (χ3n) is 12.6. The molecule has 0 radical (unpaired) electrons. The highest BCUT2D eigenvalue weighted by atomic mass is 32.2. The van der Waals surface area contributed by atoms with Crippen LogP contribution in [0.5, 0.6) is 0 Å². The molecule has 0 saturated heterocycles. The van der Waals surface area contributed by atoms with Crippen molar-refractivity contribution < 1.29 is 86.0 Å². The fourth-order valence-corrected chi connectivity index (χ4v) is 12.8. The van der Waals surface area contributed by atoms with Gasteiger partial charge < -0.3 is 33.2 Å². The number of rotatable bonds is 40. The lowest BCUT2D eigenvalue weighted by molar-refractivity contribution is -0.141. The summed E-state index contributed by atoms with van der Waals surface area (Å²) in [5, 5.41) is 0. The molecule has 0 unspecified atom stereocenters. The summed E-state index contributed by atoms with van der Waals surface area (Å²) < 4.78 is 136. The van der Waals surface area contributed by atoms with Gasteiger partial charge in [0.2, 0.25) is 0 Å². The van der Waals surface area contributed by atoms with Crippen molar-refractivity contribution in [2.75, 3.05) is 89.1 Å². The fraction of sp³-hybridized carbons (Fsp3) is 0.429. The van der Waals surface area contributed by atoms with Gasteiger partial charge >= 0.3 is 23.9 Å². The van der Waals surface area contributed by atoms with E-state index in [0.29, 0.717) is 12.8 Å². The van der Waals surface area contributed by atoms with Gasteiger partial charge in [0.25, 0.3) is 0 Å². The van der Waals surface area contributed by atoms with Crippen LogP contribution in [0.2, 0.25) is 0 Å². The van der Waals surface area contributed by atoms with Gasteiger partial charge in [-0.1, -0.05) is 142 Å². The van der Waals surface area contributed by atoms with E-state index in [2.05, 4.69) is 26.3 Å². The number of ether oxygens (including phenoxy) is 7. The van der Waals surface area contributed by atoms with Gasteiger partial charge in [-0.15, -0.1) is 0 Å². The lowest BCUT2D eigenvalue weighted by Gasteiger charge is -2.10. The molecule has 0 fully saturated rings. The van der Waals surface area contributed by atoms with Gasteiger partial charge in [0.1, 0.15) is 13.2 Å². The molecule has 0 bridgehead atoms. The highest BCUT2D eigenvalue weighted by Crippen LogP contribution is 2.20. The molecule has 0 saturated carbocycles. The van der Waals surface area contributed by atoms with Crippen molar-refractivity contribution in [3.8, 4) is 0 Å². The number of carbonyl (C=O) groups is 4. The molecule has 4 rings (SSSR count).